The zero-order valence-electron chi connectivity index (χ0n) is 20.2. The molecule has 0 fully saturated rings. The van der Waals surface area contributed by atoms with E-state index in [2.05, 4.69) is 122 Å². The van der Waals surface area contributed by atoms with Crippen LogP contribution in [0.15, 0.2) is 85.1 Å². The molecule has 4 aromatic rings. The summed E-state index contributed by atoms with van der Waals surface area (Å²) in [6.45, 7) is 7.01. The largest absolute Gasteiger partial charge is 0.492 e. The van der Waals surface area contributed by atoms with Crippen molar-refractivity contribution in [2.24, 2.45) is 0 Å². The van der Waals surface area contributed by atoms with E-state index in [4.69, 9.17) is 4.74 Å². The lowest BCUT2D eigenvalue weighted by Crippen LogP contribution is -2.19. The summed E-state index contributed by atoms with van der Waals surface area (Å²) in [4.78, 5) is 2.13. The van der Waals surface area contributed by atoms with Crippen LogP contribution in [-0.2, 0) is 6.54 Å². The van der Waals surface area contributed by atoms with Crippen LogP contribution in [0.3, 0.4) is 0 Å². The predicted molar refractivity (Wildman–Crippen MR) is 141 cm³/mol. The maximum Gasteiger partial charge on any atom is 0.119 e. The molecule has 0 aliphatic rings. The van der Waals surface area contributed by atoms with Crippen LogP contribution in [0.1, 0.15) is 37.0 Å². The molecule has 0 radical (unpaired) electrons. The predicted octanol–water partition coefficient (Wildman–Crippen LogP) is 6.97. The number of fused-ring (bicyclic) bond motifs is 1. The fourth-order valence-corrected chi connectivity index (χ4v) is 4.37. The first kappa shape index (κ1) is 22.9. The number of hydrogen-bond donors (Lipinski definition) is 0. The van der Waals surface area contributed by atoms with Gasteiger partial charge in [-0.25, -0.2) is 0 Å². The number of aromatic nitrogens is 1. The molecule has 0 saturated carbocycles. The number of nitrogens with zero attached hydrogens (tertiary/aromatic N) is 2. The van der Waals surface area contributed by atoms with Gasteiger partial charge in [-0.1, -0.05) is 55.5 Å². The summed E-state index contributed by atoms with van der Waals surface area (Å²) in [5.74, 6) is 0.911. The summed E-state index contributed by atoms with van der Waals surface area (Å²) >= 11 is 0. The number of aryl methyl sites for hydroxylation is 1. The van der Waals surface area contributed by atoms with Crippen LogP contribution in [0.4, 0.5) is 0 Å². The van der Waals surface area contributed by atoms with Crippen molar-refractivity contribution in [3.8, 4) is 5.75 Å². The van der Waals surface area contributed by atoms with Gasteiger partial charge in [0.2, 0.25) is 0 Å². The maximum atomic E-state index is 5.93. The Morgan fingerprint density at radius 1 is 0.818 bits per heavy atom. The normalized spacial score (nSPS) is 12.3. The third kappa shape index (κ3) is 5.20. The fraction of sp³-hybridized carbons (Fsp3) is 0.267. The van der Waals surface area contributed by atoms with Crippen molar-refractivity contribution < 1.29 is 4.74 Å². The van der Waals surface area contributed by atoms with Gasteiger partial charge in [0.25, 0.3) is 0 Å². The summed E-state index contributed by atoms with van der Waals surface area (Å²) < 4.78 is 8.22. The molecule has 0 amide bonds. The summed E-state index contributed by atoms with van der Waals surface area (Å²) in [6.07, 6.45) is 3.13. The van der Waals surface area contributed by atoms with Crippen LogP contribution in [0.5, 0.6) is 5.75 Å². The van der Waals surface area contributed by atoms with E-state index < -0.39 is 0 Å². The van der Waals surface area contributed by atoms with Gasteiger partial charge >= 0.3 is 0 Å². The average Bonchev–Trinajstić information content (AvgIpc) is 3.26. The van der Waals surface area contributed by atoms with E-state index >= 15 is 0 Å². The number of ether oxygens (including phenoxy) is 1. The monoisotopic (exact) mass is 438 g/mol. The van der Waals surface area contributed by atoms with E-state index in [1.807, 2.05) is 0 Å². The number of likely N-dealkylation sites (N-methyl/N-ethyl adjacent to an activating group) is 1. The van der Waals surface area contributed by atoms with E-state index in [9.17, 15) is 0 Å². The molecule has 0 spiro atoms. The van der Waals surface area contributed by atoms with Crippen molar-refractivity contribution in [2.45, 2.75) is 26.8 Å². The van der Waals surface area contributed by atoms with Gasteiger partial charge in [-0.15, -0.1) is 0 Å². The number of allylic oxidation sites excluding steroid dienone is 1. The molecule has 3 heteroatoms. The molecule has 0 atom stereocenters. The Labute approximate surface area is 197 Å². The highest BCUT2D eigenvalue weighted by Gasteiger charge is 2.14. The molecule has 4 rings (SSSR count). The van der Waals surface area contributed by atoms with Crippen molar-refractivity contribution in [3.63, 3.8) is 0 Å². The van der Waals surface area contributed by atoms with Gasteiger partial charge in [-0.2, -0.15) is 0 Å². The molecule has 0 N–H and O–H groups in total. The van der Waals surface area contributed by atoms with Crippen molar-refractivity contribution >= 4 is 22.0 Å². The molecule has 1 aromatic heterocycles. The molecule has 0 aliphatic carbocycles. The van der Waals surface area contributed by atoms with Crippen LogP contribution < -0.4 is 4.74 Å². The summed E-state index contributed by atoms with van der Waals surface area (Å²) in [6, 6.07) is 28.4. The summed E-state index contributed by atoms with van der Waals surface area (Å²) in [7, 11) is 4.12. The highest BCUT2D eigenvalue weighted by Crippen LogP contribution is 2.36. The smallest absolute Gasteiger partial charge is 0.119 e. The van der Waals surface area contributed by atoms with Gasteiger partial charge in [0.05, 0.1) is 0 Å². The number of benzene rings is 3. The lowest BCUT2D eigenvalue weighted by atomic mass is 9.88. The number of rotatable bonds is 9. The minimum Gasteiger partial charge on any atom is -0.492 e. The molecule has 0 aliphatic heterocycles. The van der Waals surface area contributed by atoms with E-state index in [0.29, 0.717) is 6.61 Å². The zero-order valence-corrected chi connectivity index (χ0v) is 20.2. The highest BCUT2D eigenvalue weighted by atomic mass is 16.5. The third-order valence-corrected chi connectivity index (χ3v) is 6.13. The first-order valence-corrected chi connectivity index (χ1v) is 11.9. The third-order valence-electron chi connectivity index (χ3n) is 6.13. The summed E-state index contributed by atoms with van der Waals surface area (Å²) in [5, 5.41) is 1.29. The van der Waals surface area contributed by atoms with Crippen molar-refractivity contribution in [2.75, 3.05) is 27.2 Å². The Bertz CT molecular complexity index is 1220. The van der Waals surface area contributed by atoms with Crippen LogP contribution >= 0.6 is 0 Å². The summed E-state index contributed by atoms with van der Waals surface area (Å²) in [5.41, 5.74) is 7.66. The molecule has 3 nitrogen and oxygen atoms in total. The molecule has 0 saturated heterocycles. The van der Waals surface area contributed by atoms with E-state index in [1.165, 1.54) is 38.7 Å². The second-order valence-electron chi connectivity index (χ2n) is 8.62. The van der Waals surface area contributed by atoms with Crippen molar-refractivity contribution in [3.05, 3.63) is 102 Å². The lowest BCUT2D eigenvalue weighted by Gasteiger charge is -2.17. The Balaban J connectivity index is 1.77. The van der Waals surface area contributed by atoms with Crippen LogP contribution in [0.25, 0.3) is 22.0 Å². The van der Waals surface area contributed by atoms with Crippen LogP contribution in [0.2, 0.25) is 0 Å². The van der Waals surface area contributed by atoms with E-state index in [1.54, 1.807) is 0 Å². The van der Waals surface area contributed by atoms with Crippen LogP contribution in [0, 0.1) is 0 Å². The Morgan fingerprint density at radius 3 is 2.18 bits per heavy atom. The fourth-order valence-electron chi connectivity index (χ4n) is 4.37. The Hall–Kier alpha value is -3.30. The van der Waals surface area contributed by atoms with Gasteiger partial charge in [0.1, 0.15) is 12.4 Å². The standard InChI is InChI=1S/C30H34N2O/c1-5-28(25-14-17-29-26(22-25)18-19-32(29)6-2)30(23-10-8-7-9-11-23)24-12-15-27(16-13-24)33-21-20-31(3)4/h7-19,22H,5-6,20-21H2,1-4H3/b30-28+. The van der Waals surface area contributed by atoms with Gasteiger partial charge in [0.15, 0.2) is 0 Å². The minimum atomic E-state index is 0.686. The van der Waals surface area contributed by atoms with Crippen molar-refractivity contribution in [1.82, 2.24) is 9.47 Å². The molecular weight excluding hydrogens is 404 g/mol. The Morgan fingerprint density at radius 2 is 1.52 bits per heavy atom. The molecule has 33 heavy (non-hydrogen) atoms. The zero-order chi connectivity index (χ0) is 23.2. The molecule has 0 unspecified atom stereocenters. The topological polar surface area (TPSA) is 17.4 Å². The quantitative estimate of drug-likeness (QED) is 0.263. The van der Waals surface area contributed by atoms with Crippen LogP contribution in [-0.4, -0.2) is 36.7 Å². The molecular formula is C30H34N2O. The number of hydrogen-bond acceptors (Lipinski definition) is 2. The Kier molecular flexibility index (Phi) is 7.31. The maximum absolute atomic E-state index is 5.93. The first-order chi connectivity index (χ1) is 16.1. The molecule has 1 heterocycles. The van der Waals surface area contributed by atoms with Gasteiger partial charge in [-0.3, -0.25) is 0 Å². The average molecular weight is 439 g/mol. The second kappa shape index (κ2) is 10.5. The van der Waals surface area contributed by atoms with E-state index in [0.717, 1.165) is 25.3 Å². The van der Waals surface area contributed by atoms with Crippen molar-refractivity contribution in [1.29, 1.82) is 0 Å². The minimum absolute atomic E-state index is 0.686. The molecule has 3 aromatic carbocycles. The van der Waals surface area contributed by atoms with Gasteiger partial charge in [0, 0.05) is 30.2 Å². The van der Waals surface area contributed by atoms with Gasteiger partial charge < -0.3 is 14.2 Å². The van der Waals surface area contributed by atoms with E-state index in [-0.39, 0.29) is 0 Å². The second-order valence-corrected chi connectivity index (χ2v) is 8.62. The molecule has 0 bridgehead atoms. The molecule has 170 valence electrons. The lowest BCUT2D eigenvalue weighted by molar-refractivity contribution is 0.261. The SMILES string of the molecule is CC/C(=C(/c1ccccc1)c1ccc(OCCN(C)C)cc1)c1ccc2c(ccn2CC)c1. The van der Waals surface area contributed by atoms with Gasteiger partial charge in [-0.05, 0) is 85.6 Å². The highest BCUT2D eigenvalue weighted by molar-refractivity contribution is 6.00. The first-order valence-electron chi connectivity index (χ1n) is 11.9.